The van der Waals surface area contributed by atoms with E-state index in [1.807, 2.05) is 6.07 Å². The molecule has 6 heteroatoms. The van der Waals surface area contributed by atoms with Crippen molar-refractivity contribution in [2.24, 2.45) is 0 Å². The number of methoxy groups -OCH3 is 1. The van der Waals surface area contributed by atoms with Gasteiger partial charge in [-0.15, -0.1) is 0 Å². The SMILES string of the molecule is COCCN(CC(=O)O)c1ccnc(C#N)c1. The highest BCUT2D eigenvalue weighted by Crippen LogP contribution is 2.13. The van der Waals surface area contributed by atoms with Gasteiger partial charge in [0.2, 0.25) is 0 Å². The molecule has 1 aromatic heterocycles. The first-order chi connectivity index (χ1) is 8.17. The topological polar surface area (TPSA) is 86.4 Å². The largest absolute Gasteiger partial charge is 0.480 e. The van der Waals surface area contributed by atoms with E-state index in [1.165, 1.54) is 6.20 Å². The van der Waals surface area contributed by atoms with E-state index in [4.69, 9.17) is 15.1 Å². The van der Waals surface area contributed by atoms with Crippen LogP contribution in [0.2, 0.25) is 0 Å². The number of anilines is 1. The van der Waals surface area contributed by atoms with Gasteiger partial charge in [0.1, 0.15) is 18.3 Å². The zero-order valence-electron chi connectivity index (χ0n) is 9.46. The molecule has 0 saturated carbocycles. The van der Waals surface area contributed by atoms with Crippen LogP contribution >= 0.6 is 0 Å². The quantitative estimate of drug-likeness (QED) is 0.772. The lowest BCUT2D eigenvalue weighted by Crippen LogP contribution is -2.32. The maximum absolute atomic E-state index is 10.7. The smallest absolute Gasteiger partial charge is 0.323 e. The van der Waals surface area contributed by atoms with Gasteiger partial charge in [-0.1, -0.05) is 0 Å². The monoisotopic (exact) mass is 235 g/mol. The summed E-state index contributed by atoms with van der Waals surface area (Å²) in [6.07, 6.45) is 1.48. The van der Waals surface area contributed by atoms with E-state index in [-0.39, 0.29) is 12.2 Å². The highest BCUT2D eigenvalue weighted by Gasteiger charge is 2.11. The molecule has 0 spiro atoms. The Morgan fingerprint density at radius 3 is 3.06 bits per heavy atom. The standard InChI is InChI=1S/C11H13N3O3/c1-17-5-4-14(8-11(15)16)10-2-3-13-9(6-10)7-12/h2-3,6H,4-5,8H2,1H3,(H,15,16). The summed E-state index contributed by atoms with van der Waals surface area (Å²) >= 11 is 0. The van der Waals surface area contributed by atoms with Crippen LogP contribution in [0.4, 0.5) is 5.69 Å². The second-order valence-electron chi connectivity index (χ2n) is 3.32. The van der Waals surface area contributed by atoms with Crippen molar-refractivity contribution >= 4 is 11.7 Å². The molecular weight excluding hydrogens is 222 g/mol. The normalized spacial score (nSPS) is 9.65. The number of hydrogen-bond donors (Lipinski definition) is 1. The summed E-state index contributed by atoms with van der Waals surface area (Å²) in [6.45, 7) is 0.716. The van der Waals surface area contributed by atoms with Crippen LogP contribution in [0.25, 0.3) is 0 Å². The van der Waals surface area contributed by atoms with E-state index in [0.29, 0.717) is 18.8 Å². The maximum atomic E-state index is 10.7. The Morgan fingerprint density at radius 2 is 2.47 bits per heavy atom. The van der Waals surface area contributed by atoms with Crippen LogP contribution in [-0.4, -0.2) is 42.9 Å². The molecule has 1 heterocycles. The van der Waals surface area contributed by atoms with Gasteiger partial charge in [0.05, 0.1) is 6.61 Å². The number of nitriles is 1. The first-order valence-corrected chi connectivity index (χ1v) is 4.99. The highest BCUT2D eigenvalue weighted by atomic mass is 16.5. The molecule has 0 radical (unpaired) electrons. The number of ether oxygens (including phenoxy) is 1. The second kappa shape index (κ2) is 6.45. The van der Waals surface area contributed by atoms with Crippen molar-refractivity contribution in [2.75, 3.05) is 31.7 Å². The Bertz CT molecular complexity index is 428. The zero-order valence-corrected chi connectivity index (χ0v) is 9.46. The van der Waals surface area contributed by atoms with Gasteiger partial charge in [-0.05, 0) is 12.1 Å². The summed E-state index contributed by atoms with van der Waals surface area (Å²) in [5, 5.41) is 17.5. The molecule has 0 aliphatic carbocycles. The molecule has 0 unspecified atom stereocenters. The van der Waals surface area contributed by atoms with Gasteiger partial charge >= 0.3 is 5.97 Å². The fourth-order valence-electron chi connectivity index (χ4n) is 1.34. The summed E-state index contributed by atoms with van der Waals surface area (Å²) in [5.74, 6) is -0.934. The lowest BCUT2D eigenvalue weighted by Gasteiger charge is -2.22. The number of carboxylic acids is 1. The van der Waals surface area contributed by atoms with Crippen molar-refractivity contribution in [1.29, 1.82) is 5.26 Å². The molecule has 0 amide bonds. The van der Waals surface area contributed by atoms with E-state index in [9.17, 15) is 4.79 Å². The molecule has 1 aromatic rings. The highest BCUT2D eigenvalue weighted by molar-refractivity contribution is 5.73. The zero-order chi connectivity index (χ0) is 12.7. The van der Waals surface area contributed by atoms with E-state index < -0.39 is 5.97 Å². The number of aromatic nitrogens is 1. The lowest BCUT2D eigenvalue weighted by molar-refractivity contribution is -0.135. The molecule has 17 heavy (non-hydrogen) atoms. The number of rotatable bonds is 6. The first-order valence-electron chi connectivity index (χ1n) is 4.99. The maximum Gasteiger partial charge on any atom is 0.323 e. The fourth-order valence-corrected chi connectivity index (χ4v) is 1.34. The third-order valence-electron chi connectivity index (χ3n) is 2.11. The summed E-state index contributed by atoms with van der Waals surface area (Å²) in [7, 11) is 1.55. The van der Waals surface area contributed by atoms with Crippen molar-refractivity contribution in [3.63, 3.8) is 0 Å². The van der Waals surface area contributed by atoms with Crippen LogP contribution in [0.5, 0.6) is 0 Å². The van der Waals surface area contributed by atoms with Crippen LogP contribution in [0.1, 0.15) is 5.69 Å². The Morgan fingerprint density at radius 1 is 1.71 bits per heavy atom. The van der Waals surface area contributed by atoms with Crippen molar-refractivity contribution in [2.45, 2.75) is 0 Å². The molecule has 0 atom stereocenters. The molecule has 6 nitrogen and oxygen atoms in total. The van der Waals surface area contributed by atoms with Crippen LogP contribution in [0, 0.1) is 11.3 Å². The fraction of sp³-hybridized carbons (Fsp3) is 0.364. The predicted octanol–water partition coefficient (Wildman–Crippen LogP) is 0.491. The van der Waals surface area contributed by atoms with Gasteiger partial charge in [0.25, 0.3) is 0 Å². The molecular formula is C11H13N3O3. The average Bonchev–Trinajstić information content (AvgIpc) is 2.34. The molecule has 0 saturated heterocycles. The van der Waals surface area contributed by atoms with Gasteiger partial charge in [-0.3, -0.25) is 4.79 Å². The van der Waals surface area contributed by atoms with Crippen LogP contribution in [-0.2, 0) is 9.53 Å². The number of hydrogen-bond acceptors (Lipinski definition) is 5. The Balaban J connectivity index is 2.87. The number of aliphatic carboxylic acids is 1. The molecule has 0 aliphatic rings. The average molecular weight is 235 g/mol. The van der Waals surface area contributed by atoms with Gasteiger partial charge in [0.15, 0.2) is 0 Å². The third-order valence-corrected chi connectivity index (χ3v) is 2.11. The lowest BCUT2D eigenvalue weighted by atomic mass is 10.3. The molecule has 0 aliphatic heterocycles. The van der Waals surface area contributed by atoms with Crippen molar-refractivity contribution in [3.8, 4) is 6.07 Å². The van der Waals surface area contributed by atoms with E-state index in [0.717, 1.165) is 0 Å². The number of carboxylic acid groups (broad SMARTS) is 1. The van der Waals surface area contributed by atoms with Crippen LogP contribution in [0.15, 0.2) is 18.3 Å². The first kappa shape index (κ1) is 12.9. The van der Waals surface area contributed by atoms with Gasteiger partial charge in [0, 0.05) is 25.5 Å². The third kappa shape index (κ3) is 4.09. The molecule has 1 N–H and O–H groups in total. The minimum atomic E-state index is -0.934. The second-order valence-corrected chi connectivity index (χ2v) is 3.32. The Labute approximate surface area is 99.1 Å². The molecule has 90 valence electrons. The molecule has 0 bridgehead atoms. The summed E-state index contributed by atoms with van der Waals surface area (Å²) < 4.78 is 4.92. The Kier molecular flexibility index (Phi) is 4.91. The molecule has 1 rings (SSSR count). The van der Waals surface area contributed by atoms with E-state index >= 15 is 0 Å². The van der Waals surface area contributed by atoms with E-state index in [1.54, 1.807) is 24.1 Å². The van der Waals surface area contributed by atoms with Gasteiger partial charge in [-0.25, -0.2) is 4.98 Å². The van der Waals surface area contributed by atoms with Crippen molar-refractivity contribution in [3.05, 3.63) is 24.0 Å². The minimum absolute atomic E-state index is 0.141. The number of pyridine rings is 1. The van der Waals surface area contributed by atoms with Gasteiger partial charge < -0.3 is 14.7 Å². The summed E-state index contributed by atoms with van der Waals surface area (Å²) in [6, 6.07) is 5.14. The predicted molar refractivity (Wildman–Crippen MR) is 60.7 cm³/mol. The van der Waals surface area contributed by atoms with E-state index in [2.05, 4.69) is 4.98 Å². The molecule has 0 fully saturated rings. The molecule has 0 aromatic carbocycles. The van der Waals surface area contributed by atoms with Crippen molar-refractivity contribution < 1.29 is 14.6 Å². The van der Waals surface area contributed by atoms with Crippen LogP contribution in [0.3, 0.4) is 0 Å². The Hall–Kier alpha value is -2.13. The van der Waals surface area contributed by atoms with Crippen molar-refractivity contribution in [1.82, 2.24) is 4.98 Å². The summed E-state index contributed by atoms with van der Waals surface area (Å²) in [4.78, 5) is 16.2. The van der Waals surface area contributed by atoms with Gasteiger partial charge in [-0.2, -0.15) is 5.26 Å². The number of nitrogens with zero attached hydrogens (tertiary/aromatic N) is 3. The number of carbonyl (C=O) groups is 1. The minimum Gasteiger partial charge on any atom is -0.480 e. The summed E-state index contributed by atoms with van der Waals surface area (Å²) in [5.41, 5.74) is 0.909. The van der Waals surface area contributed by atoms with Crippen LogP contribution < -0.4 is 4.90 Å².